The number of hydrogen-bond acceptors (Lipinski definition) is 5. The van der Waals surface area contributed by atoms with E-state index in [0.29, 0.717) is 4.38 Å². The standard InChI is InChI=1S/C18H33O.H2O4S.Zn/c1-2-3-4-5-6-7-8-9-10-11-12-13-14-15-16-17-18-19;1-5(2,3)4;/h9-10H,2-8,11-17H2,1H3;(H2,1,2,3,4);/q;;+2/p-2/b10-9-;;. The Kier molecular flexibility index (Phi) is 21.9. The molecule has 0 fully saturated rings. The molecule has 0 atom stereocenters. The van der Waals surface area contributed by atoms with Gasteiger partial charge in [-0.3, -0.25) is 8.42 Å². The summed E-state index contributed by atoms with van der Waals surface area (Å²) >= 11 is 0.837. The van der Waals surface area contributed by atoms with E-state index in [1.54, 1.807) is 0 Å². The summed E-state index contributed by atoms with van der Waals surface area (Å²) in [7, 11) is -5.17. The molecule has 0 spiro atoms. The number of rotatable bonds is 15. The fourth-order valence-corrected chi connectivity index (χ4v) is 2.92. The second kappa shape index (κ2) is 20.2. The van der Waals surface area contributed by atoms with Crippen molar-refractivity contribution >= 4 is 14.8 Å². The van der Waals surface area contributed by atoms with Crippen LogP contribution in [0, 0.1) is 0 Å². The first-order valence-electron chi connectivity index (χ1n) is 9.43. The second-order valence-electron chi connectivity index (χ2n) is 6.28. The van der Waals surface area contributed by atoms with Gasteiger partial charge in [-0.05, 0) is 0 Å². The van der Waals surface area contributed by atoms with E-state index in [0.717, 1.165) is 31.1 Å². The fourth-order valence-electron chi connectivity index (χ4n) is 2.39. The molecule has 0 aromatic carbocycles. The number of carbonyl (C=O) groups is 1. The molecule has 0 aliphatic rings. The summed E-state index contributed by atoms with van der Waals surface area (Å²) in [4.78, 5) is 10.8. The number of unbranched alkanes of at least 4 members (excludes halogenated alkanes) is 11. The molecular weight excluding hydrogens is 394 g/mol. The van der Waals surface area contributed by atoms with Crippen LogP contribution in [-0.4, -0.2) is 21.9 Å². The Hall–Kier alpha value is -0.0966. The van der Waals surface area contributed by atoms with Crippen molar-refractivity contribution < 1.29 is 40.6 Å². The van der Waals surface area contributed by atoms with Crippen LogP contribution in [0.2, 0.25) is 0 Å². The van der Waals surface area contributed by atoms with Crippen molar-refractivity contribution in [3.05, 3.63) is 12.2 Å². The molecule has 5 nitrogen and oxygen atoms in total. The first-order chi connectivity index (χ1) is 11.8. The molecule has 0 bridgehead atoms. The Balaban J connectivity index is 0. The maximum atomic E-state index is 10.8. The van der Waals surface area contributed by atoms with Gasteiger partial charge in [-0.15, -0.1) is 0 Å². The predicted molar refractivity (Wildman–Crippen MR) is 94.9 cm³/mol. The maximum absolute atomic E-state index is 10.8. The van der Waals surface area contributed by atoms with Crippen molar-refractivity contribution in [2.24, 2.45) is 0 Å². The molecule has 0 unspecified atom stereocenters. The molecule has 0 amide bonds. The molecule has 7 heteroatoms. The van der Waals surface area contributed by atoms with Crippen LogP contribution in [0.25, 0.3) is 0 Å². The molecule has 0 aliphatic heterocycles. The fraction of sp³-hybridized carbons (Fsp3) is 0.833. The molecule has 0 aliphatic carbocycles. The van der Waals surface area contributed by atoms with E-state index in [1.165, 1.54) is 77.0 Å². The molecule has 0 N–H and O–H groups in total. The van der Waals surface area contributed by atoms with E-state index in [1.807, 2.05) is 0 Å². The summed E-state index contributed by atoms with van der Waals surface area (Å²) in [5.74, 6) is 0. The van der Waals surface area contributed by atoms with Crippen LogP contribution in [-0.2, 0) is 33.5 Å². The Morgan fingerprint density at radius 1 is 0.800 bits per heavy atom. The quantitative estimate of drug-likeness (QED) is 0.124. The molecular formula is C18H33O5SZn. The monoisotopic (exact) mass is 425 g/mol. The van der Waals surface area contributed by atoms with E-state index < -0.39 is 10.4 Å². The van der Waals surface area contributed by atoms with Gasteiger partial charge in [0.05, 0.1) is 0 Å². The van der Waals surface area contributed by atoms with Gasteiger partial charge in [0.25, 0.3) is 0 Å². The Morgan fingerprint density at radius 2 is 1.16 bits per heavy atom. The van der Waals surface area contributed by atoms with Gasteiger partial charge in [0, 0.05) is 10.4 Å². The van der Waals surface area contributed by atoms with Gasteiger partial charge in [0.15, 0.2) is 0 Å². The molecule has 143 valence electrons. The van der Waals surface area contributed by atoms with Crippen molar-refractivity contribution in [3.8, 4) is 0 Å². The molecule has 0 aromatic rings. The molecule has 0 saturated heterocycles. The van der Waals surface area contributed by atoms with E-state index in [4.69, 9.17) is 17.5 Å². The number of carbonyl (C=O) groups excluding carboxylic acids is 1. The van der Waals surface area contributed by atoms with Crippen molar-refractivity contribution in [1.82, 2.24) is 0 Å². The van der Waals surface area contributed by atoms with Crippen LogP contribution in [0.1, 0.15) is 96.8 Å². The van der Waals surface area contributed by atoms with Gasteiger partial charge < -0.3 is 9.11 Å². The summed E-state index contributed by atoms with van der Waals surface area (Å²) < 4.78 is 34.5. The van der Waals surface area contributed by atoms with Crippen LogP contribution in [0.3, 0.4) is 0 Å². The van der Waals surface area contributed by atoms with E-state index >= 15 is 0 Å². The minimum atomic E-state index is -5.17. The zero-order valence-corrected chi connectivity index (χ0v) is 19.5. The largest absolute Gasteiger partial charge is 0.759 e. The molecule has 0 radical (unpaired) electrons. The summed E-state index contributed by atoms with van der Waals surface area (Å²) in [6.45, 7) is 2.27. The van der Waals surface area contributed by atoms with Crippen LogP contribution in [0.15, 0.2) is 12.2 Å². The summed E-state index contributed by atoms with van der Waals surface area (Å²) in [5.41, 5.74) is 0. The Labute approximate surface area is 164 Å². The van der Waals surface area contributed by atoms with Crippen molar-refractivity contribution in [1.29, 1.82) is 0 Å². The summed E-state index contributed by atoms with van der Waals surface area (Å²) in [6, 6.07) is 0. The van der Waals surface area contributed by atoms with Gasteiger partial charge in [-0.1, -0.05) is 39.0 Å². The third-order valence-corrected chi connectivity index (χ3v) is 4.46. The summed E-state index contributed by atoms with van der Waals surface area (Å²) in [6.07, 6.45) is 22.8. The van der Waals surface area contributed by atoms with Crippen LogP contribution >= 0.6 is 0 Å². The van der Waals surface area contributed by atoms with Crippen molar-refractivity contribution in [2.75, 3.05) is 0 Å². The number of allylic oxidation sites excluding steroid dienone is 2. The first kappa shape index (κ1) is 27.1. The van der Waals surface area contributed by atoms with Gasteiger partial charge in [0.1, 0.15) is 0 Å². The third-order valence-electron chi connectivity index (χ3n) is 3.72. The summed E-state index contributed by atoms with van der Waals surface area (Å²) in [5, 5.41) is 0. The van der Waals surface area contributed by atoms with E-state index in [-0.39, 0.29) is 0 Å². The van der Waals surface area contributed by atoms with Gasteiger partial charge in [-0.25, -0.2) is 0 Å². The zero-order chi connectivity index (χ0) is 19.4. The van der Waals surface area contributed by atoms with Crippen LogP contribution in [0.4, 0.5) is 0 Å². The Morgan fingerprint density at radius 3 is 1.56 bits per heavy atom. The third kappa shape index (κ3) is 40.1. The molecule has 0 aromatic heterocycles. The molecule has 0 heterocycles. The molecule has 0 rings (SSSR count). The van der Waals surface area contributed by atoms with Gasteiger partial charge in [0.2, 0.25) is 0 Å². The van der Waals surface area contributed by atoms with Gasteiger partial charge in [-0.2, -0.15) is 0 Å². The maximum Gasteiger partial charge on any atom is 0.0311 e. The first-order valence-corrected chi connectivity index (χ1v) is 12.3. The van der Waals surface area contributed by atoms with Crippen LogP contribution < -0.4 is 0 Å². The minimum absolute atomic E-state index is 0.461. The van der Waals surface area contributed by atoms with E-state index in [2.05, 4.69) is 19.1 Å². The topological polar surface area (TPSA) is 97.3 Å². The average molecular weight is 427 g/mol. The van der Waals surface area contributed by atoms with Crippen molar-refractivity contribution in [3.63, 3.8) is 0 Å². The second-order valence-corrected chi connectivity index (χ2v) is 8.75. The predicted octanol–water partition coefficient (Wildman–Crippen LogP) is 4.76. The Bertz CT molecular complexity index is 413. The average Bonchev–Trinajstić information content (AvgIpc) is 2.49. The van der Waals surface area contributed by atoms with Gasteiger partial charge >= 0.3 is 97.4 Å². The minimum Gasteiger partial charge on any atom is -0.759 e. The zero-order valence-electron chi connectivity index (χ0n) is 15.7. The van der Waals surface area contributed by atoms with E-state index in [9.17, 15) is 4.79 Å². The number of hydrogen-bond donors (Lipinski definition) is 0. The normalized spacial score (nSPS) is 11.4. The molecule has 25 heavy (non-hydrogen) atoms. The SMILES string of the molecule is CCCCCCCC/C=C\CCCCCCC[C](=O)[Zn+2].O=S(=O)([O-])[O-]. The smallest absolute Gasteiger partial charge is 0.0311 e. The van der Waals surface area contributed by atoms with Crippen LogP contribution in [0.5, 0.6) is 0 Å². The molecule has 0 saturated carbocycles. The van der Waals surface area contributed by atoms with Crippen molar-refractivity contribution in [2.45, 2.75) is 96.8 Å².